The number of aryl methyl sites for hydroxylation is 1. The molecular weight excluding hydrogens is 256 g/mol. The van der Waals surface area contributed by atoms with Gasteiger partial charge in [0.2, 0.25) is 5.76 Å². The van der Waals surface area contributed by atoms with Crippen LogP contribution in [0.3, 0.4) is 0 Å². The Morgan fingerprint density at radius 2 is 2.05 bits per heavy atom. The Balaban J connectivity index is 2.22. The van der Waals surface area contributed by atoms with Gasteiger partial charge in [-0.25, -0.2) is 4.79 Å². The summed E-state index contributed by atoms with van der Waals surface area (Å²) < 4.78 is 10.0. The number of carbonyl (C=O) groups is 1. The molecule has 1 N–H and O–H groups in total. The van der Waals surface area contributed by atoms with E-state index in [4.69, 9.17) is 9.84 Å². The summed E-state index contributed by atoms with van der Waals surface area (Å²) in [4.78, 5) is 11.4. The van der Waals surface area contributed by atoms with Crippen LogP contribution in [0.2, 0.25) is 0 Å². The highest BCUT2D eigenvalue weighted by Crippen LogP contribution is 2.36. The topological polar surface area (TPSA) is 55.8 Å². The summed E-state index contributed by atoms with van der Waals surface area (Å²) in [6.07, 6.45) is 5.55. The van der Waals surface area contributed by atoms with E-state index in [1.165, 1.54) is 38.4 Å². The van der Waals surface area contributed by atoms with Gasteiger partial charge in [0.15, 0.2) is 0 Å². The summed E-state index contributed by atoms with van der Waals surface area (Å²) >= 11 is 0. The maximum Gasteiger partial charge on any atom is 0.377 e. The Kier molecular flexibility index (Phi) is 4.66. The predicted molar refractivity (Wildman–Crippen MR) is 75.7 cm³/mol. The molecular formula is C16H20O4. The number of hydrogen-bond acceptors (Lipinski definition) is 4. The molecule has 0 radical (unpaired) electrons. The van der Waals surface area contributed by atoms with Crippen molar-refractivity contribution in [2.45, 2.75) is 38.5 Å². The average Bonchev–Trinajstić information content (AvgIpc) is 2.99. The number of rotatable bonds is 4. The number of methoxy groups -OCH3 is 1. The van der Waals surface area contributed by atoms with E-state index in [0.29, 0.717) is 17.9 Å². The summed E-state index contributed by atoms with van der Waals surface area (Å²) in [6, 6.07) is 6.05. The molecule has 0 amide bonds. The SMILES string of the molecule is COC(=O)/C(=C\O)Oc1cc(C2CCCC2)ccc1C. The first-order valence-electron chi connectivity index (χ1n) is 6.86. The van der Waals surface area contributed by atoms with Crippen molar-refractivity contribution in [3.63, 3.8) is 0 Å². The van der Waals surface area contributed by atoms with Crippen molar-refractivity contribution in [3.8, 4) is 5.75 Å². The molecule has 0 spiro atoms. The van der Waals surface area contributed by atoms with E-state index in [2.05, 4.69) is 10.8 Å². The molecule has 1 aliphatic carbocycles. The fourth-order valence-corrected chi connectivity index (χ4v) is 2.58. The van der Waals surface area contributed by atoms with Crippen LogP contribution in [0.25, 0.3) is 0 Å². The third-order valence-corrected chi connectivity index (χ3v) is 3.76. The van der Waals surface area contributed by atoms with Gasteiger partial charge >= 0.3 is 5.97 Å². The molecule has 0 atom stereocenters. The lowest BCUT2D eigenvalue weighted by molar-refractivity contribution is -0.138. The number of esters is 1. The summed E-state index contributed by atoms with van der Waals surface area (Å²) in [5, 5.41) is 9.07. The monoisotopic (exact) mass is 276 g/mol. The van der Waals surface area contributed by atoms with Gasteiger partial charge in [-0.3, -0.25) is 0 Å². The molecule has 1 aromatic carbocycles. The summed E-state index contributed by atoms with van der Waals surface area (Å²) in [6.45, 7) is 1.90. The molecule has 0 bridgehead atoms. The molecule has 0 unspecified atom stereocenters. The van der Waals surface area contributed by atoms with Crippen molar-refractivity contribution >= 4 is 5.97 Å². The number of carbonyl (C=O) groups excluding carboxylic acids is 1. The molecule has 0 aromatic heterocycles. The van der Waals surface area contributed by atoms with Gasteiger partial charge in [-0.2, -0.15) is 0 Å². The number of ether oxygens (including phenoxy) is 2. The molecule has 20 heavy (non-hydrogen) atoms. The van der Waals surface area contributed by atoms with Crippen LogP contribution >= 0.6 is 0 Å². The van der Waals surface area contributed by atoms with Crippen LogP contribution in [0.5, 0.6) is 5.75 Å². The van der Waals surface area contributed by atoms with Gasteiger partial charge < -0.3 is 14.6 Å². The fraction of sp³-hybridized carbons (Fsp3) is 0.438. The lowest BCUT2D eigenvalue weighted by Gasteiger charge is -2.14. The number of hydrogen-bond donors (Lipinski definition) is 1. The van der Waals surface area contributed by atoms with Gasteiger partial charge in [-0.05, 0) is 42.9 Å². The van der Waals surface area contributed by atoms with E-state index in [1.54, 1.807) is 0 Å². The largest absolute Gasteiger partial charge is 0.511 e. The number of aliphatic hydroxyl groups excluding tert-OH is 1. The molecule has 1 aromatic rings. The summed E-state index contributed by atoms with van der Waals surface area (Å²) in [7, 11) is 1.25. The molecule has 0 saturated heterocycles. The lowest BCUT2D eigenvalue weighted by atomic mass is 9.96. The van der Waals surface area contributed by atoms with Crippen molar-refractivity contribution < 1.29 is 19.4 Å². The zero-order chi connectivity index (χ0) is 14.5. The number of aliphatic hydroxyl groups is 1. The van der Waals surface area contributed by atoms with Gasteiger partial charge in [0.1, 0.15) is 12.0 Å². The smallest absolute Gasteiger partial charge is 0.377 e. The average molecular weight is 276 g/mol. The molecule has 2 rings (SSSR count). The minimum Gasteiger partial charge on any atom is -0.511 e. The summed E-state index contributed by atoms with van der Waals surface area (Å²) in [5.41, 5.74) is 2.14. The zero-order valence-corrected chi connectivity index (χ0v) is 11.9. The van der Waals surface area contributed by atoms with Crippen molar-refractivity contribution in [3.05, 3.63) is 41.3 Å². The van der Waals surface area contributed by atoms with Gasteiger partial charge in [-0.1, -0.05) is 25.0 Å². The molecule has 4 nitrogen and oxygen atoms in total. The van der Waals surface area contributed by atoms with Crippen LogP contribution in [-0.2, 0) is 9.53 Å². The Hall–Kier alpha value is -1.97. The second-order valence-electron chi connectivity index (χ2n) is 5.09. The minimum atomic E-state index is -0.696. The van der Waals surface area contributed by atoms with Crippen LogP contribution in [0.4, 0.5) is 0 Å². The Morgan fingerprint density at radius 1 is 1.35 bits per heavy atom. The van der Waals surface area contributed by atoms with E-state index in [0.717, 1.165) is 5.56 Å². The van der Waals surface area contributed by atoms with Crippen LogP contribution < -0.4 is 4.74 Å². The highest BCUT2D eigenvalue weighted by molar-refractivity contribution is 5.86. The van der Waals surface area contributed by atoms with Crippen molar-refractivity contribution in [1.29, 1.82) is 0 Å². The highest BCUT2D eigenvalue weighted by atomic mass is 16.6. The van der Waals surface area contributed by atoms with Crippen LogP contribution in [0.1, 0.15) is 42.7 Å². The Morgan fingerprint density at radius 3 is 2.65 bits per heavy atom. The molecule has 108 valence electrons. The maximum absolute atomic E-state index is 11.4. The van der Waals surface area contributed by atoms with Crippen molar-refractivity contribution in [2.75, 3.05) is 7.11 Å². The molecule has 0 aliphatic heterocycles. The predicted octanol–water partition coefficient (Wildman–Crippen LogP) is 3.60. The van der Waals surface area contributed by atoms with Gasteiger partial charge in [0.05, 0.1) is 7.11 Å². The highest BCUT2D eigenvalue weighted by Gasteiger charge is 2.19. The number of benzene rings is 1. The zero-order valence-electron chi connectivity index (χ0n) is 11.9. The second kappa shape index (κ2) is 6.46. The van der Waals surface area contributed by atoms with E-state index in [-0.39, 0.29) is 5.76 Å². The maximum atomic E-state index is 11.4. The quantitative estimate of drug-likeness (QED) is 0.518. The van der Waals surface area contributed by atoms with Crippen molar-refractivity contribution in [2.24, 2.45) is 0 Å². The Bertz CT molecular complexity index is 513. The standard InChI is InChI=1S/C16H20O4/c1-11-7-8-13(12-5-3-4-6-12)9-14(11)20-15(10-17)16(18)19-2/h7-10,12,17H,3-6H2,1-2H3/b15-10+. The van der Waals surface area contributed by atoms with E-state index < -0.39 is 5.97 Å². The lowest BCUT2D eigenvalue weighted by Crippen LogP contribution is -2.11. The third kappa shape index (κ3) is 3.13. The van der Waals surface area contributed by atoms with Crippen LogP contribution in [-0.4, -0.2) is 18.2 Å². The molecule has 1 fully saturated rings. The fourth-order valence-electron chi connectivity index (χ4n) is 2.58. The molecule has 4 heteroatoms. The molecule has 1 saturated carbocycles. The van der Waals surface area contributed by atoms with E-state index in [1.807, 2.05) is 19.1 Å². The van der Waals surface area contributed by atoms with Gasteiger partial charge in [0.25, 0.3) is 0 Å². The van der Waals surface area contributed by atoms with Crippen LogP contribution in [0.15, 0.2) is 30.2 Å². The Labute approximate surface area is 119 Å². The summed E-state index contributed by atoms with van der Waals surface area (Å²) in [5.74, 6) is 0.245. The normalized spacial score (nSPS) is 16.2. The van der Waals surface area contributed by atoms with Crippen molar-refractivity contribution in [1.82, 2.24) is 0 Å². The second-order valence-corrected chi connectivity index (χ2v) is 5.09. The first kappa shape index (κ1) is 14.4. The van der Waals surface area contributed by atoms with Crippen LogP contribution in [0, 0.1) is 6.92 Å². The molecule has 0 heterocycles. The first-order chi connectivity index (χ1) is 9.65. The minimum absolute atomic E-state index is 0.209. The van der Waals surface area contributed by atoms with E-state index in [9.17, 15) is 4.79 Å². The van der Waals surface area contributed by atoms with E-state index >= 15 is 0 Å². The van der Waals surface area contributed by atoms with Gasteiger partial charge in [0, 0.05) is 0 Å². The third-order valence-electron chi connectivity index (χ3n) is 3.76. The first-order valence-corrected chi connectivity index (χ1v) is 6.86. The molecule has 1 aliphatic rings. The van der Waals surface area contributed by atoms with Gasteiger partial charge in [-0.15, -0.1) is 0 Å².